The van der Waals surface area contributed by atoms with Gasteiger partial charge in [-0.05, 0) is 12.3 Å². The molecule has 0 aliphatic rings. The summed E-state index contributed by atoms with van der Waals surface area (Å²) in [6.45, 7) is 5.43. The molecule has 0 spiro atoms. The maximum atomic E-state index is 4.80. The molecule has 1 nitrogen and oxygen atoms in total. The fourth-order valence-corrected chi connectivity index (χ4v) is 1.47. The molecule has 0 rings (SSSR count). The number of hydrogen-bond donors (Lipinski definition) is 0. The van der Waals surface area contributed by atoms with E-state index in [1.807, 2.05) is 0 Å². The van der Waals surface area contributed by atoms with Crippen molar-refractivity contribution in [2.24, 2.45) is 5.92 Å². The number of halogens is 1. The highest BCUT2D eigenvalue weighted by Gasteiger charge is 1.94. The van der Waals surface area contributed by atoms with E-state index in [2.05, 4.69) is 30.1 Å². The number of hydrogen-bond acceptors (Lipinski definition) is 1. The third kappa shape index (κ3) is 10.4. The fraction of sp³-hybridized carbons (Fsp3) is 1.00. The molecular formula is C10H21BrO. The summed E-state index contributed by atoms with van der Waals surface area (Å²) in [4.78, 5) is 0. The number of unbranched alkanes of at least 4 members (excludes halogenated alkanes) is 4. The molecule has 12 heavy (non-hydrogen) atoms. The van der Waals surface area contributed by atoms with Crippen LogP contribution in [0.4, 0.5) is 0 Å². The van der Waals surface area contributed by atoms with Gasteiger partial charge in [-0.25, -0.2) is 0 Å². The third-order valence-electron chi connectivity index (χ3n) is 2.00. The highest BCUT2D eigenvalue weighted by atomic mass is 79.9. The lowest BCUT2D eigenvalue weighted by Gasteiger charge is -2.03. The molecule has 0 unspecified atom stereocenters. The van der Waals surface area contributed by atoms with Gasteiger partial charge in [-0.3, -0.25) is 0 Å². The van der Waals surface area contributed by atoms with Gasteiger partial charge in [0.2, 0.25) is 0 Å². The van der Waals surface area contributed by atoms with Gasteiger partial charge in [0.05, 0.1) is 22.9 Å². The minimum Gasteiger partial charge on any atom is -0.308 e. The van der Waals surface area contributed by atoms with Crippen LogP contribution in [0.3, 0.4) is 0 Å². The van der Waals surface area contributed by atoms with Crippen molar-refractivity contribution in [3.05, 3.63) is 0 Å². The smallest absolute Gasteiger partial charge is 0.0987 e. The van der Waals surface area contributed by atoms with Gasteiger partial charge in [0.25, 0.3) is 0 Å². The van der Waals surface area contributed by atoms with Gasteiger partial charge >= 0.3 is 0 Å². The highest BCUT2D eigenvalue weighted by molar-refractivity contribution is 9.06. The zero-order chi connectivity index (χ0) is 9.23. The summed E-state index contributed by atoms with van der Waals surface area (Å²) in [6, 6.07) is 0. The SMILES string of the molecule is CC(C)CCCCCCCOBr. The number of rotatable bonds is 8. The second-order valence-electron chi connectivity index (χ2n) is 3.76. The molecule has 0 N–H and O–H groups in total. The van der Waals surface area contributed by atoms with E-state index in [1.54, 1.807) is 0 Å². The van der Waals surface area contributed by atoms with Gasteiger partial charge in [-0.15, -0.1) is 0 Å². The Balaban J connectivity index is 2.82. The normalized spacial score (nSPS) is 11.0. The van der Waals surface area contributed by atoms with Crippen molar-refractivity contribution in [3.63, 3.8) is 0 Å². The van der Waals surface area contributed by atoms with Gasteiger partial charge in [-0.1, -0.05) is 46.0 Å². The molecule has 0 saturated carbocycles. The van der Waals surface area contributed by atoms with Crippen molar-refractivity contribution >= 4 is 16.3 Å². The minimum absolute atomic E-state index is 0.851. The quantitative estimate of drug-likeness (QED) is 0.571. The Morgan fingerprint density at radius 1 is 1.00 bits per heavy atom. The van der Waals surface area contributed by atoms with Crippen molar-refractivity contribution in [2.75, 3.05) is 6.61 Å². The van der Waals surface area contributed by atoms with E-state index in [4.69, 9.17) is 3.83 Å². The predicted molar refractivity (Wildman–Crippen MR) is 57.4 cm³/mol. The first kappa shape index (κ1) is 12.4. The second-order valence-corrected chi connectivity index (χ2v) is 4.22. The Labute approximate surface area is 85.3 Å². The molecule has 74 valence electrons. The van der Waals surface area contributed by atoms with Gasteiger partial charge in [0.15, 0.2) is 0 Å². The minimum atomic E-state index is 0.851. The van der Waals surface area contributed by atoms with E-state index in [9.17, 15) is 0 Å². The molecule has 2 heteroatoms. The van der Waals surface area contributed by atoms with E-state index >= 15 is 0 Å². The molecule has 0 heterocycles. The van der Waals surface area contributed by atoms with Crippen LogP contribution in [0.5, 0.6) is 0 Å². The summed E-state index contributed by atoms with van der Waals surface area (Å²) in [5.74, 6) is 0.871. The lowest BCUT2D eigenvalue weighted by molar-refractivity contribution is 0.373. The Hall–Kier alpha value is 0.440. The van der Waals surface area contributed by atoms with E-state index in [1.165, 1.54) is 38.5 Å². The van der Waals surface area contributed by atoms with E-state index in [-0.39, 0.29) is 0 Å². The third-order valence-corrected chi connectivity index (χ3v) is 2.33. The fourth-order valence-electron chi connectivity index (χ4n) is 1.24. The summed E-state index contributed by atoms with van der Waals surface area (Å²) in [6.07, 6.45) is 8.03. The van der Waals surface area contributed by atoms with E-state index in [0.29, 0.717) is 0 Å². The zero-order valence-corrected chi connectivity index (χ0v) is 9.90. The van der Waals surface area contributed by atoms with Gasteiger partial charge in [0.1, 0.15) is 0 Å². The topological polar surface area (TPSA) is 9.23 Å². The summed E-state index contributed by atoms with van der Waals surface area (Å²) in [5.41, 5.74) is 0. The van der Waals surface area contributed by atoms with Crippen molar-refractivity contribution in [2.45, 2.75) is 52.4 Å². The average molecular weight is 237 g/mol. The molecule has 0 amide bonds. The average Bonchev–Trinajstić information content (AvgIpc) is 2.02. The molecule has 0 aromatic rings. The van der Waals surface area contributed by atoms with Crippen LogP contribution in [0.25, 0.3) is 0 Å². The largest absolute Gasteiger partial charge is 0.308 e. The van der Waals surface area contributed by atoms with Gasteiger partial charge in [0, 0.05) is 0 Å². The molecule has 0 aliphatic heterocycles. The zero-order valence-electron chi connectivity index (χ0n) is 8.31. The van der Waals surface area contributed by atoms with Crippen LogP contribution in [0.15, 0.2) is 0 Å². The highest BCUT2D eigenvalue weighted by Crippen LogP contribution is 2.10. The maximum Gasteiger partial charge on any atom is 0.0987 e. The molecule has 0 aromatic carbocycles. The van der Waals surface area contributed by atoms with Crippen molar-refractivity contribution in [1.29, 1.82) is 0 Å². The molecule has 0 aromatic heterocycles. The molecule has 0 aliphatic carbocycles. The molecule has 0 fully saturated rings. The van der Waals surface area contributed by atoms with Crippen molar-refractivity contribution in [3.8, 4) is 0 Å². The van der Waals surface area contributed by atoms with Crippen molar-refractivity contribution in [1.82, 2.24) is 0 Å². The monoisotopic (exact) mass is 236 g/mol. The lowest BCUT2D eigenvalue weighted by atomic mass is 10.0. The van der Waals surface area contributed by atoms with Crippen molar-refractivity contribution < 1.29 is 3.83 Å². The molecular weight excluding hydrogens is 216 g/mol. The summed E-state index contributed by atoms with van der Waals surface area (Å²) >= 11 is 2.95. The first-order chi connectivity index (χ1) is 5.77. The Morgan fingerprint density at radius 2 is 1.58 bits per heavy atom. The summed E-state index contributed by atoms with van der Waals surface area (Å²) in [5, 5.41) is 0. The van der Waals surface area contributed by atoms with Gasteiger partial charge < -0.3 is 3.83 Å². The van der Waals surface area contributed by atoms with Crippen LogP contribution >= 0.6 is 16.3 Å². The van der Waals surface area contributed by atoms with Crippen LogP contribution in [0.1, 0.15) is 52.4 Å². The summed E-state index contributed by atoms with van der Waals surface area (Å²) in [7, 11) is 0. The Bertz CT molecular complexity index is 83.9. The molecule has 0 bridgehead atoms. The maximum absolute atomic E-state index is 4.80. The first-order valence-corrected chi connectivity index (χ1v) is 5.65. The van der Waals surface area contributed by atoms with Crippen LogP contribution in [-0.4, -0.2) is 6.61 Å². The van der Waals surface area contributed by atoms with Crippen LogP contribution in [0.2, 0.25) is 0 Å². The molecule has 0 saturated heterocycles. The Morgan fingerprint density at radius 3 is 2.17 bits per heavy atom. The van der Waals surface area contributed by atoms with Crippen LogP contribution in [0, 0.1) is 5.92 Å². The standard InChI is InChI=1S/C10H21BrO/c1-10(2)8-6-4-3-5-7-9-12-11/h10H,3-9H2,1-2H3. The first-order valence-electron chi connectivity index (χ1n) is 5.01. The van der Waals surface area contributed by atoms with E-state index in [0.717, 1.165) is 12.5 Å². The molecule has 0 radical (unpaired) electrons. The van der Waals surface area contributed by atoms with Gasteiger partial charge in [-0.2, -0.15) is 0 Å². The Kier molecular flexibility index (Phi) is 9.88. The van der Waals surface area contributed by atoms with E-state index < -0.39 is 0 Å². The molecule has 0 atom stereocenters. The van der Waals surface area contributed by atoms with Crippen LogP contribution in [-0.2, 0) is 3.83 Å². The second kappa shape index (κ2) is 9.53. The summed E-state index contributed by atoms with van der Waals surface area (Å²) < 4.78 is 4.80. The van der Waals surface area contributed by atoms with Crippen LogP contribution < -0.4 is 0 Å². The lowest BCUT2D eigenvalue weighted by Crippen LogP contribution is -1.88. The predicted octanol–water partition coefficient (Wildman–Crippen LogP) is 4.31.